The molecule has 0 aliphatic carbocycles. The topological polar surface area (TPSA) is 131 Å². The van der Waals surface area contributed by atoms with Gasteiger partial charge >= 0.3 is 5.97 Å². The Balaban J connectivity index is 0.000000309. The predicted molar refractivity (Wildman–Crippen MR) is 120 cm³/mol. The first kappa shape index (κ1) is 24.5. The highest BCUT2D eigenvalue weighted by Gasteiger charge is 2.11. The molecule has 0 radical (unpaired) electrons. The minimum absolute atomic E-state index is 0.0993. The normalized spacial score (nSPS) is 10.1. The van der Waals surface area contributed by atoms with E-state index < -0.39 is 0 Å². The van der Waals surface area contributed by atoms with Gasteiger partial charge in [-0.15, -0.1) is 0 Å². The van der Waals surface area contributed by atoms with Crippen LogP contribution in [0.25, 0.3) is 16.9 Å². The van der Waals surface area contributed by atoms with Crippen molar-refractivity contribution in [1.82, 2.24) is 30.4 Å². The van der Waals surface area contributed by atoms with Gasteiger partial charge in [-0.25, -0.2) is 9.67 Å². The summed E-state index contributed by atoms with van der Waals surface area (Å²) in [6.45, 7) is 3.55. The fraction of sp³-hybridized carbons (Fsp3) is 0.318. The molecule has 3 aromatic rings. The molecular formula is C22H28N6O4. The molecule has 0 atom stereocenters. The standard InChI is InChI=1S/C15H13N5O2.C7H15NO2/c21-10-17-7-11-3-5-18-14(6-11)20-15(22)13(9-19-20)12-2-1-4-16-8-12;1-3-10-7(9)5-4-6-8-2/h1-6,8-10,19H,7H2,(H,17,21);8H,3-6H2,1-2H3. The zero-order valence-corrected chi connectivity index (χ0v) is 18.2. The molecule has 0 spiro atoms. The maximum Gasteiger partial charge on any atom is 0.305 e. The van der Waals surface area contributed by atoms with E-state index in [1.54, 1.807) is 43.0 Å². The number of pyridine rings is 2. The van der Waals surface area contributed by atoms with E-state index in [9.17, 15) is 14.4 Å². The van der Waals surface area contributed by atoms with Crippen LogP contribution in [0.1, 0.15) is 25.3 Å². The lowest BCUT2D eigenvalue weighted by molar-refractivity contribution is -0.143. The summed E-state index contributed by atoms with van der Waals surface area (Å²) in [6.07, 6.45) is 8.50. The van der Waals surface area contributed by atoms with E-state index in [4.69, 9.17) is 4.74 Å². The summed E-state index contributed by atoms with van der Waals surface area (Å²) in [5.41, 5.74) is 1.90. The molecule has 0 fully saturated rings. The van der Waals surface area contributed by atoms with Gasteiger partial charge in [-0.2, -0.15) is 0 Å². The van der Waals surface area contributed by atoms with E-state index in [0.717, 1.165) is 24.1 Å². The molecule has 32 heavy (non-hydrogen) atoms. The van der Waals surface area contributed by atoms with E-state index in [2.05, 4.69) is 25.7 Å². The van der Waals surface area contributed by atoms with Gasteiger partial charge in [0.1, 0.15) is 0 Å². The predicted octanol–water partition coefficient (Wildman–Crippen LogP) is 1.42. The van der Waals surface area contributed by atoms with E-state index in [1.165, 1.54) is 4.68 Å². The minimum atomic E-state index is -0.207. The summed E-state index contributed by atoms with van der Waals surface area (Å²) >= 11 is 0. The average molecular weight is 441 g/mol. The van der Waals surface area contributed by atoms with Gasteiger partial charge in [0.15, 0.2) is 5.82 Å². The van der Waals surface area contributed by atoms with Crippen LogP contribution in [0.5, 0.6) is 0 Å². The summed E-state index contributed by atoms with van der Waals surface area (Å²) in [5.74, 6) is 0.364. The molecule has 0 saturated carbocycles. The molecule has 3 heterocycles. The number of hydrogen-bond acceptors (Lipinski definition) is 7. The second kappa shape index (κ2) is 13.5. The summed E-state index contributed by atoms with van der Waals surface area (Å²) in [4.78, 5) is 41.7. The van der Waals surface area contributed by atoms with Crippen molar-refractivity contribution in [3.63, 3.8) is 0 Å². The number of H-pyrrole nitrogens is 1. The lowest BCUT2D eigenvalue weighted by Gasteiger charge is -2.04. The van der Waals surface area contributed by atoms with Gasteiger partial charge in [-0.3, -0.25) is 24.5 Å². The molecule has 0 bridgehead atoms. The number of esters is 1. The number of hydrogen-bond donors (Lipinski definition) is 3. The second-order valence-electron chi connectivity index (χ2n) is 6.60. The molecule has 0 aromatic carbocycles. The fourth-order valence-corrected chi connectivity index (χ4v) is 2.76. The molecule has 0 aliphatic heterocycles. The van der Waals surface area contributed by atoms with Crippen LogP contribution in [0, 0.1) is 0 Å². The molecule has 0 aliphatic rings. The lowest BCUT2D eigenvalue weighted by Crippen LogP contribution is -2.18. The number of carbonyl (C=O) groups excluding carboxylic acids is 2. The Kier molecular flexibility index (Phi) is 10.3. The van der Waals surface area contributed by atoms with Gasteiger partial charge in [-0.1, -0.05) is 6.07 Å². The number of rotatable bonds is 10. The number of nitrogens with one attached hydrogen (secondary N) is 3. The smallest absolute Gasteiger partial charge is 0.305 e. The zero-order valence-electron chi connectivity index (χ0n) is 18.2. The van der Waals surface area contributed by atoms with Gasteiger partial charge < -0.3 is 15.4 Å². The highest BCUT2D eigenvalue weighted by molar-refractivity contribution is 5.69. The Bertz CT molecular complexity index is 1030. The van der Waals surface area contributed by atoms with E-state index in [-0.39, 0.29) is 11.5 Å². The first-order chi connectivity index (χ1) is 15.6. The highest BCUT2D eigenvalue weighted by Crippen LogP contribution is 2.13. The fourth-order valence-electron chi connectivity index (χ4n) is 2.76. The number of amides is 1. The van der Waals surface area contributed by atoms with Crippen LogP contribution in [-0.4, -0.2) is 52.3 Å². The van der Waals surface area contributed by atoms with Crippen LogP contribution >= 0.6 is 0 Å². The van der Waals surface area contributed by atoms with Crippen molar-refractivity contribution in [3.05, 3.63) is 65.0 Å². The number of carbonyl (C=O) groups is 2. The van der Waals surface area contributed by atoms with E-state index >= 15 is 0 Å². The van der Waals surface area contributed by atoms with Crippen LogP contribution in [0.3, 0.4) is 0 Å². The van der Waals surface area contributed by atoms with Crippen molar-refractivity contribution in [2.75, 3.05) is 20.2 Å². The molecule has 1 amide bonds. The molecule has 10 heteroatoms. The largest absolute Gasteiger partial charge is 0.466 e. The quantitative estimate of drug-likeness (QED) is 0.247. The van der Waals surface area contributed by atoms with Crippen molar-refractivity contribution in [2.24, 2.45) is 0 Å². The molecule has 0 saturated heterocycles. The lowest BCUT2D eigenvalue weighted by atomic mass is 10.2. The SMILES string of the molecule is CCOC(=O)CCCNC.O=CNCc1ccnc(-n2[nH]cc(-c3cccnc3)c2=O)c1. The summed E-state index contributed by atoms with van der Waals surface area (Å²) < 4.78 is 6.08. The van der Waals surface area contributed by atoms with E-state index in [0.29, 0.717) is 37.4 Å². The molecule has 3 N–H and O–H groups in total. The average Bonchev–Trinajstić information content (AvgIpc) is 3.20. The highest BCUT2D eigenvalue weighted by atomic mass is 16.5. The zero-order chi connectivity index (χ0) is 23.2. The Morgan fingerprint density at radius 3 is 2.84 bits per heavy atom. The number of aromatic amines is 1. The molecule has 3 rings (SSSR count). The third-order valence-electron chi connectivity index (χ3n) is 4.29. The summed E-state index contributed by atoms with van der Waals surface area (Å²) in [6, 6.07) is 7.10. The maximum absolute atomic E-state index is 12.5. The van der Waals surface area contributed by atoms with Gasteiger partial charge in [0, 0.05) is 43.3 Å². The van der Waals surface area contributed by atoms with Crippen molar-refractivity contribution in [3.8, 4) is 16.9 Å². The van der Waals surface area contributed by atoms with Crippen molar-refractivity contribution in [1.29, 1.82) is 0 Å². The first-order valence-corrected chi connectivity index (χ1v) is 10.2. The van der Waals surface area contributed by atoms with Gasteiger partial charge in [0.25, 0.3) is 5.56 Å². The van der Waals surface area contributed by atoms with Crippen molar-refractivity contribution >= 4 is 12.4 Å². The Hall–Kier alpha value is -3.79. The Labute approximate surface area is 186 Å². The van der Waals surface area contributed by atoms with Crippen LogP contribution in [0.4, 0.5) is 0 Å². The van der Waals surface area contributed by atoms with Gasteiger partial charge in [0.2, 0.25) is 6.41 Å². The Morgan fingerprint density at radius 1 is 1.31 bits per heavy atom. The third kappa shape index (κ3) is 7.47. The van der Waals surface area contributed by atoms with Crippen molar-refractivity contribution in [2.45, 2.75) is 26.3 Å². The van der Waals surface area contributed by atoms with Crippen LogP contribution in [0.15, 0.2) is 53.8 Å². The van der Waals surface area contributed by atoms with E-state index in [1.807, 2.05) is 20.0 Å². The maximum atomic E-state index is 12.5. The molecule has 3 aromatic heterocycles. The molecule has 0 unspecified atom stereocenters. The number of aromatic nitrogens is 4. The second-order valence-corrected chi connectivity index (χ2v) is 6.60. The number of nitrogens with zero attached hydrogens (tertiary/aromatic N) is 3. The van der Waals surface area contributed by atoms with Crippen LogP contribution in [0.2, 0.25) is 0 Å². The Morgan fingerprint density at radius 2 is 2.16 bits per heavy atom. The summed E-state index contributed by atoms with van der Waals surface area (Å²) in [5, 5.41) is 8.43. The molecule has 10 nitrogen and oxygen atoms in total. The van der Waals surface area contributed by atoms with Crippen LogP contribution < -0.4 is 16.2 Å². The first-order valence-electron chi connectivity index (χ1n) is 10.2. The number of ether oxygens (including phenoxy) is 1. The van der Waals surface area contributed by atoms with Crippen LogP contribution in [-0.2, 0) is 20.9 Å². The molecule has 170 valence electrons. The summed E-state index contributed by atoms with van der Waals surface area (Å²) in [7, 11) is 1.87. The van der Waals surface area contributed by atoms with Crippen molar-refractivity contribution < 1.29 is 14.3 Å². The minimum Gasteiger partial charge on any atom is -0.466 e. The van der Waals surface area contributed by atoms with Gasteiger partial charge in [-0.05, 0) is 50.7 Å². The molecular weight excluding hydrogens is 412 g/mol. The third-order valence-corrected chi connectivity index (χ3v) is 4.29. The monoisotopic (exact) mass is 440 g/mol. The van der Waals surface area contributed by atoms with Gasteiger partial charge in [0.05, 0.1) is 12.2 Å².